The molecule has 1 aliphatic rings. The van der Waals surface area contributed by atoms with Crippen molar-refractivity contribution in [1.82, 2.24) is 10.1 Å². The van der Waals surface area contributed by atoms with Crippen molar-refractivity contribution in [3.05, 3.63) is 34.1 Å². The van der Waals surface area contributed by atoms with Crippen LogP contribution in [-0.4, -0.2) is 16.7 Å². The van der Waals surface area contributed by atoms with E-state index in [2.05, 4.69) is 32.1 Å². The number of nitrogens with two attached hydrogens (primary N) is 1. The second kappa shape index (κ2) is 5.66. The first-order valence-corrected chi connectivity index (χ1v) is 7.78. The molecular weight excluding hydrogens is 318 g/mol. The Balaban J connectivity index is 1.90. The Bertz CT molecular complexity index is 611. The quantitative estimate of drug-likeness (QED) is 0.929. The Morgan fingerprint density at radius 2 is 2.25 bits per heavy atom. The van der Waals surface area contributed by atoms with Crippen LogP contribution < -0.4 is 5.73 Å². The molecule has 2 unspecified atom stereocenters. The average molecular weight is 336 g/mol. The Hall–Kier alpha value is -1.20. The molecule has 3 rings (SSSR count). The number of nitrogens with zero attached hydrogens (tertiary/aromatic N) is 2. The fourth-order valence-electron chi connectivity index (χ4n) is 3.02. The van der Waals surface area contributed by atoms with Crippen LogP contribution in [0.2, 0.25) is 0 Å². The number of hydrogen-bond donors (Lipinski definition) is 1. The van der Waals surface area contributed by atoms with E-state index >= 15 is 0 Å². The van der Waals surface area contributed by atoms with Gasteiger partial charge in [0.25, 0.3) is 0 Å². The van der Waals surface area contributed by atoms with E-state index in [0.29, 0.717) is 24.2 Å². The normalized spacial score (nSPS) is 22.4. The SMILES string of the molecule is Cc1cc(Br)ccc1-c1noc(C2CCCC2CN)n1. The van der Waals surface area contributed by atoms with Gasteiger partial charge in [-0.05, 0) is 56.0 Å². The summed E-state index contributed by atoms with van der Waals surface area (Å²) in [6.45, 7) is 2.74. The topological polar surface area (TPSA) is 64.9 Å². The number of rotatable bonds is 3. The van der Waals surface area contributed by atoms with E-state index < -0.39 is 0 Å². The van der Waals surface area contributed by atoms with Crippen molar-refractivity contribution in [2.24, 2.45) is 11.7 Å². The van der Waals surface area contributed by atoms with Crippen LogP contribution in [0.5, 0.6) is 0 Å². The van der Waals surface area contributed by atoms with Gasteiger partial charge in [-0.3, -0.25) is 0 Å². The monoisotopic (exact) mass is 335 g/mol. The zero-order valence-corrected chi connectivity index (χ0v) is 13.1. The smallest absolute Gasteiger partial charge is 0.230 e. The van der Waals surface area contributed by atoms with E-state index in [1.807, 2.05) is 19.1 Å². The van der Waals surface area contributed by atoms with Gasteiger partial charge in [0.2, 0.25) is 11.7 Å². The second-order valence-corrected chi connectivity index (χ2v) is 6.36. The third kappa shape index (κ3) is 2.52. The summed E-state index contributed by atoms with van der Waals surface area (Å²) in [4.78, 5) is 4.60. The zero-order chi connectivity index (χ0) is 14.1. The molecule has 0 bridgehead atoms. The maximum atomic E-state index is 5.83. The molecule has 1 aromatic heterocycles. The molecule has 2 aromatic rings. The maximum absolute atomic E-state index is 5.83. The van der Waals surface area contributed by atoms with Gasteiger partial charge in [-0.25, -0.2) is 0 Å². The summed E-state index contributed by atoms with van der Waals surface area (Å²) < 4.78 is 6.55. The number of aryl methyl sites for hydroxylation is 1. The summed E-state index contributed by atoms with van der Waals surface area (Å²) >= 11 is 3.47. The zero-order valence-electron chi connectivity index (χ0n) is 11.5. The molecule has 0 amide bonds. The summed E-state index contributed by atoms with van der Waals surface area (Å²) in [6, 6.07) is 6.07. The van der Waals surface area contributed by atoms with Gasteiger partial charge < -0.3 is 10.3 Å². The van der Waals surface area contributed by atoms with Gasteiger partial charge in [-0.15, -0.1) is 0 Å². The third-order valence-corrected chi connectivity index (χ3v) is 4.64. The summed E-state index contributed by atoms with van der Waals surface area (Å²) in [6.07, 6.45) is 3.46. The summed E-state index contributed by atoms with van der Waals surface area (Å²) in [5, 5.41) is 4.15. The van der Waals surface area contributed by atoms with E-state index in [9.17, 15) is 0 Å². The van der Waals surface area contributed by atoms with E-state index in [-0.39, 0.29) is 0 Å². The summed E-state index contributed by atoms with van der Waals surface area (Å²) in [5.74, 6) is 2.23. The summed E-state index contributed by atoms with van der Waals surface area (Å²) in [5.41, 5.74) is 7.98. The molecule has 0 radical (unpaired) electrons. The minimum Gasteiger partial charge on any atom is -0.339 e. The fraction of sp³-hybridized carbons (Fsp3) is 0.467. The average Bonchev–Trinajstić information content (AvgIpc) is 3.06. The lowest BCUT2D eigenvalue weighted by Crippen LogP contribution is -2.17. The van der Waals surface area contributed by atoms with Crippen LogP contribution in [0.25, 0.3) is 11.4 Å². The molecule has 0 saturated heterocycles. The van der Waals surface area contributed by atoms with Gasteiger partial charge in [0.1, 0.15) is 0 Å². The molecule has 1 aromatic carbocycles. The Kier molecular flexibility index (Phi) is 3.89. The lowest BCUT2D eigenvalue weighted by atomic mass is 9.96. The first-order chi connectivity index (χ1) is 9.69. The molecule has 1 heterocycles. The molecule has 1 fully saturated rings. The van der Waals surface area contributed by atoms with E-state index in [0.717, 1.165) is 34.3 Å². The molecule has 0 aliphatic heterocycles. The van der Waals surface area contributed by atoms with Crippen molar-refractivity contribution in [3.63, 3.8) is 0 Å². The van der Waals surface area contributed by atoms with Crippen LogP contribution >= 0.6 is 15.9 Å². The fourth-order valence-corrected chi connectivity index (χ4v) is 3.49. The maximum Gasteiger partial charge on any atom is 0.230 e. The predicted octanol–water partition coefficient (Wildman–Crippen LogP) is 3.65. The van der Waals surface area contributed by atoms with Gasteiger partial charge in [0.15, 0.2) is 0 Å². The first kappa shape index (κ1) is 13.8. The van der Waals surface area contributed by atoms with Crippen LogP contribution in [0.4, 0.5) is 0 Å². The van der Waals surface area contributed by atoms with Crippen LogP contribution in [0, 0.1) is 12.8 Å². The number of halogens is 1. The highest BCUT2D eigenvalue weighted by Crippen LogP contribution is 2.38. The molecule has 2 atom stereocenters. The van der Waals surface area contributed by atoms with Crippen LogP contribution in [-0.2, 0) is 0 Å². The largest absolute Gasteiger partial charge is 0.339 e. The van der Waals surface area contributed by atoms with Crippen molar-refractivity contribution < 1.29 is 4.52 Å². The highest BCUT2D eigenvalue weighted by Gasteiger charge is 2.32. The van der Waals surface area contributed by atoms with Gasteiger partial charge in [0.05, 0.1) is 0 Å². The van der Waals surface area contributed by atoms with Crippen molar-refractivity contribution in [2.75, 3.05) is 6.54 Å². The van der Waals surface area contributed by atoms with Crippen LogP contribution in [0.1, 0.15) is 36.6 Å². The van der Waals surface area contributed by atoms with Crippen LogP contribution in [0.3, 0.4) is 0 Å². The molecule has 20 heavy (non-hydrogen) atoms. The van der Waals surface area contributed by atoms with E-state index in [4.69, 9.17) is 10.3 Å². The van der Waals surface area contributed by atoms with Gasteiger partial charge in [-0.2, -0.15) is 4.98 Å². The van der Waals surface area contributed by atoms with Gasteiger partial charge in [0, 0.05) is 16.0 Å². The molecule has 1 aliphatic carbocycles. The second-order valence-electron chi connectivity index (χ2n) is 5.45. The Labute approximate surface area is 126 Å². The van der Waals surface area contributed by atoms with E-state index in [1.54, 1.807) is 0 Å². The minimum atomic E-state index is 0.331. The van der Waals surface area contributed by atoms with E-state index in [1.165, 1.54) is 6.42 Å². The van der Waals surface area contributed by atoms with Crippen molar-refractivity contribution >= 4 is 15.9 Å². The summed E-state index contributed by atoms with van der Waals surface area (Å²) in [7, 11) is 0. The Morgan fingerprint density at radius 3 is 3.00 bits per heavy atom. The lowest BCUT2D eigenvalue weighted by molar-refractivity contribution is 0.326. The lowest BCUT2D eigenvalue weighted by Gasteiger charge is -2.12. The first-order valence-electron chi connectivity index (χ1n) is 6.99. The van der Waals surface area contributed by atoms with Crippen LogP contribution in [0.15, 0.2) is 27.2 Å². The molecule has 1 saturated carbocycles. The third-order valence-electron chi connectivity index (χ3n) is 4.15. The molecular formula is C15H18BrN3O. The highest BCUT2D eigenvalue weighted by atomic mass is 79.9. The minimum absolute atomic E-state index is 0.331. The van der Waals surface area contributed by atoms with Gasteiger partial charge in [-0.1, -0.05) is 27.5 Å². The number of aromatic nitrogens is 2. The standard InChI is InChI=1S/C15H18BrN3O/c1-9-7-11(16)5-6-12(9)14-18-15(20-19-14)13-4-2-3-10(13)8-17/h5-7,10,13H,2-4,8,17H2,1H3. The highest BCUT2D eigenvalue weighted by molar-refractivity contribution is 9.10. The molecule has 2 N–H and O–H groups in total. The van der Waals surface area contributed by atoms with Gasteiger partial charge >= 0.3 is 0 Å². The van der Waals surface area contributed by atoms with Crippen molar-refractivity contribution in [1.29, 1.82) is 0 Å². The number of benzene rings is 1. The Morgan fingerprint density at radius 1 is 1.40 bits per heavy atom. The molecule has 5 heteroatoms. The molecule has 4 nitrogen and oxygen atoms in total. The predicted molar refractivity (Wildman–Crippen MR) is 81.3 cm³/mol. The number of hydrogen-bond acceptors (Lipinski definition) is 4. The van der Waals surface area contributed by atoms with Crippen molar-refractivity contribution in [3.8, 4) is 11.4 Å². The van der Waals surface area contributed by atoms with Crippen molar-refractivity contribution in [2.45, 2.75) is 32.1 Å². The molecule has 0 spiro atoms. The molecule has 106 valence electrons.